The first-order valence-electron chi connectivity index (χ1n) is 9.05. The number of hydrogen-bond donors (Lipinski definition) is 5. The fourth-order valence-electron chi connectivity index (χ4n) is 4.01. The summed E-state index contributed by atoms with van der Waals surface area (Å²) in [6, 6.07) is 0. The molecule has 8 nitrogen and oxygen atoms in total. The van der Waals surface area contributed by atoms with Crippen molar-refractivity contribution in [1.29, 1.82) is 0 Å². The molecule has 8 heteroatoms. The molecule has 0 amide bonds. The van der Waals surface area contributed by atoms with Gasteiger partial charge >= 0.3 is 0 Å². The maximum atomic E-state index is 11.2. The van der Waals surface area contributed by atoms with Crippen LogP contribution in [0.4, 0.5) is 0 Å². The van der Waals surface area contributed by atoms with E-state index in [4.69, 9.17) is 9.47 Å². The molecular weight excluding hydrogens is 356 g/mol. The number of aliphatic hydroxyl groups is 5. The Balaban J connectivity index is 2.20. The summed E-state index contributed by atoms with van der Waals surface area (Å²) in [5.74, 6) is -0.172. The van der Waals surface area contributed by atoms with E-state index in [1.807, 2.05) is 13.8 Å². The third-order valence-corrected chi connectivity index (χ3v) is 5.17. The van der Waals surface area contributed by atoms with Crippen LogP contribution in [0.2, 0.25) is 0 Å². The second-order valence-corrected chi connectivity index (χ2v) is 8.30. The van der Waals surface area contributed by atoms with E-state index in [1.165, 1.54) is 13.0 Å². The first-order valence-corrected chi connectivity index (χ1v) is 9.05. The molecule has 0 spiro atoms. The van der Waals surface area contributed by atoms with Crippen molar-refractivity contribution in [2.24, 2.45) is 5.41 Å². The normalized spacial score (nSPS) is 41.7. The van der Waals surface area contributed by atoms with Gasteiger partial charge in [-0.25, -0.2) is 0 Å². The van der Waals surface area contributed by atoms with Gasteiger partial charge in [0.25, 0.3) is 0 Å². The highest BCUT2D eigenvalue weighted by Crippen LogP contribution is 2.46. The largest absolute Gasteiger partial charge is 0.394 e. The van der Waals surface area contributed by atoms with Crippen molar-refractivity contribution in [2.45, 2.75) is 82.9 Å². The van der Waals surface area contributed by atoms with Gasteiger partial charge in [0, 0.05) is 18.1 Å². The number of ether oxygens (including phenoxy) is 2. The maximum absolute atomic E-state index is 11.2. The molecule has 2 fully saturated rings. The average Bonchev–Trinajstić information content (AvgIpc) is 2.52. The molecule has 0 unspecified atom stereocenters. The van der Waals surface area contributed by atoms with Gasteiger partial charge in [0.2, 0.25) is 0 Å². The van der Waals surface area contributed by atoms with Gasteiger partial charge < -0.3 is 35.0 Å². The van der Waals surface area contributed by atoms with Crippen molar-refractivity contribution in [3.05, 3.63) is 17.4 Å². The molecule has 0 aromatic rings. The van der Waals surface area contributed by atoms with Crippen LogP contribution >= 0.6 is 0 Å². The average molecular weight is 386 g/mol. The summed E-state index contributed by atoms with van der Waals surface area (Å²) >= 11 is 0. The molecule has 2 aliphatic rings. The highest BCUT2D eigenvalue weighted by Gasteiger charge is 2.49. The Hall–Kier alpha value is -1.09. The molecule has 27 heavy (non-hydrogen) atoms. The van der Waals surface area contributed by atoms with Crippen molar-refractivity contribution in [3.63, 3.8) is 0 Å². The van der Waals surface area contributed by atoms with E-state index < -0.39 is 54.4 Å². The van der Waals surface area contributed by atoms with Gasteiger partial charge in [-0.15, -0.1) is 5.73 Å². The molecular formula is C19H30O8. The summed E-state index contributed by atoms with van der Waals surface area (Å²) in [5.41, 5.74) is 1.65. The minimum atomic E-state index is -1.52. The molecule has 5 N–H and O–H groups in total. The van der Waals surface area contributed by atoms with Crippen LogP contribution < -0.4 is 0 Å². The van der Waals surface area contributed by atoms with Crippen LogP contribution in [0.3, 0.4) is 0 Å². The van der Waals surface area contributed by atoms with Crippen molar-refractivity contribution < 1.29 is 39.8 Å². The number of rotatable bonds is 4. The Bertz CT molecular complexity index is 597. The Morgan fingerprint density at radius 2 is 1.85 bits per heavy atom. The van der Waals surface area contributed by atoms with Crippen LogP contribution in [-0.2, 0) is 14.3 Å². The number of carbonyl (C=O) groups is 1. The Labute approximate surface area is 158 Å². The summed E-state index contributed by atoms with van der Waals surface area (Å²) in [7, 11) is 0. The topological polar surface area (TPSA) is 137 Å². The Morgan fingerprint density at radius 3 is 2.37 bits per heavy atom. The van der Waals surface area contributed by atoms with Gasteiger partial charge in [-0.3, -0.25) is 4.79 Å². The molecule has 1 saturated heterocycles. The van der Waals surface area contributed by atoms with E-state index in [1.54, 1.807) is 6.92 Å². The van der Waals surface area contributed by atoms with Crippen LogP contribution in [0.1, 0.15) is 40.5 Å². The second kappa shape index (κ2) is 8.11. The predicted octanol–water partition coefficient (Wildman–Crippen LogP) is -0.587. The van der Waals surface area contributed by atoms with E-state index in [0.717, 1.165) is 0 Å². The van der Waals surface area contributed by atoms with Gasteiger partial charge in [0.05, 0.1) is 18.3 Å². The third-order valence-electron chi connectivity index (χ3n) is 5.17. The van der Waals surface area contributed by atoms with E-state index in [9.17, 15) is 30.3 Å². The first kappa shape index (κ1) is 22.2. The third kappa shape index (κ3) is 4.85. The number of hydrogen-bond acceptors (Lipinski definition) is 8. The van der Waals surface area contributed by atoms with E-state index in [-0.39, 0.29) is 12.2 Å². The lowest BCUT2D eigenvalue weighted by Gasteiger charge is -2.47. The molecule has 154 valence electrons. The molecule has 1 aliphatic heterocycles. The monoisotopic (exact) mass is 386 g/mol. The van der Waals surface area contributed by atoms with Crippen molar-refractivity contribution in [3.8, 4) is 0 Å². The lowest BCUT2D eigenvalue weighted by Crippen LogP contribution is -2.60. The molecule has 1 saturated carbocycles. The van der Waals surface area contributed by atoms with E-state index in [0.29, 0.717) is 12.0 Å². The van der Waals surface area contributed by atoms with Crippen LogP contribution in [0, 0.1) is 5.41 Å². The number of carbonyl (C=O) groups excluding carboxylic acids is 1. The van der Waals surface area contributed by atoms with Crippen LogP contribution in [0.15, 0.2) is 17.4 Å². The molecule has 2 rings (SSSR count). The van der Waals surface area contributed by atoms with Gasteiger partial charge in [-0.2, -0.15) is 0 Å². The van der Waals surface area contributed by atoms with Crippen LogP contribution in [0.25, 0.3) is 0 Å². The van der Waals surface area contributed by atoms with Crippen LogP contribution in [-0.4, -0.2) is 80.3 Å². The standard InChI is InChI=1S/C19H30O8/c1-10(21)5-6-13-18(2,3)7-11(8-19(13,4)25)26-17-16(24)15(23)14(22)12(9-20)27-17/h5,11-12,14-17,20,22-25H,7-9H2,1-4H3/t6?,11-,12+,14+,15-,16+,17+,19+/m0/s1. The second-order valence-electron chi connectivity index (χ2n) is 8.30. The van der Waals surface area contributed by atoms with Gasteiger partial charge in [-0.1, -0.05) is 13.8 Å². The molecule has 0 bridgehead atoms. The molecule has 7 atom stereocenters. The number of ketones is 1. The molecule has 1 heterocycles. The first-order chi connectivity index (χ1) is 12.4. The van der Waals surface area contributed by atoms with Crippen LogP contribution in [0.5, 0.6) is 0 Å². The maximum Gasteiger partial charge on any atom is 0.186 e. The Kier molecular flexibility index (Phi) is 6.67. The fraction of sp³-hybridized carbons (Fsp3) is 0.789. The fourth-order valence-corrected chi connectivity index (χ4v) is 4.01. The Morgan fingerprint density at radius 1 is 1.22 bits per heavy atom. The smallest absolute Gasteiger partial charge is 0.186 e. The van der Waals surface area contributed by atoms with Gasteiger partial charge in [-0.05, 0) is 25.7 Å². The SMILES string of the molecule is CC(=O)C=C=C1C(C)(C)C[C@H](O[C@@H]2O[C@H](CO)[C@@H](O)[C@H](O)[C@H]2O)C[C@@]1(C)O. The minimum Gasteiger partial charge on any atom is -0.394 e. The minimum absolute atomic E-state index is 0.166. The van der Waals surface area contributed by atoms with Crippen molar-refractivity contribution in [1.82, 2.24) is 0 Å². The van der Waals surface area contributed by atoms with Gasteiger partial charge in [0.1, 0.15) is 24.4 Å². The predicted molar refractivity (Wildman–Crippen MR) is 94.6 cm³/mol. The number of aliphatic hydroxyl groups excluding tert-OH is 4. The molecule has 0 radical (unpaired) electrons. The van der Waals surface area contributed by atoms with E-state index >= 15 is 0 Å². The van der Waals surface area contributed by atoms with E-state index in [2.05, 4.69) is 5.73 Å². The van der Waals surface area contributed by atoms with Crippen molar-refractivity contribution in [2.75, 3.05) is 6.61 Å². The molecule has 1 aliphatic carbocycles. The highest BCUT2D eigenvalue weighted by molar-refractivity contribution is 5.87. The van der Waals surface area contributed by atoms with Crippen molar-refractivity contribution >= 4 is 5.78 Å². The summed E-state index contributed by atoms with van der Waals surface area (Å²) in [5, 5.41) is 50.1. The zero-order chi connectivity index (χ0) is 20.6. The molecule has 0 aromatic heterocycles. The lowest BCUT2D eigenvalue weighted by atomic mass is 9.65. The zero-order valence-electron chi connectivity index (χ0n) is 16.1. The quantitative estimate of drug-likeness (QED) is 0.320. The summed E-state index contributed by atoms with van der Waals surface area (Å²) < 4.78 is 11.2. The molecule has 0 aromatic carbocycles. The van der Waals surface area contributed by atoms with Gasteiger partial charge in [0.15, 0.2) is 12.1 Å². The summed E-state index contributed by atoms with van der Waals surface area (Å²) in [6.45, 7) is 6.25. The lowest BCUT2D eigenvalue weighted by molar-refractivity contribution is -0.316. The summed E-state index contributed by atoms with van der Waals surface area (Å²) in [6.07, 6.45) is -5.40. The highest BCUT2D eigenvalue weighted by atomic mass is 16.7. The summed E-state index contributed by atoms with van der Waals surface area (Å²) in [4.78, 5) is 11.2. The zero-order valence-corrected chi connectivity index (χ0v) is 16.1.